The van der Waals surface area contributed by atoms with E-state index in [9.17, 15) is 9.59 Å². The predicted octanol–water partition coefficient (Wildman–Crippen LogP) is 2.04. The highest BCUT2D eigenvalue weighted by atomic mass is 16.2. The van der Waals surface area contributed by atoms with Crippen molar-refractivity contribution < 1.29 is 9.59 Å². The summed E-state index contributed by atoms with van der Waals surface area (Å²) in [6.45, 7) is 4.05. The Balaban J connectivity index is 2.12. The van der Waals surface area contributed by atoms with E-state index in [1.54, 1.807) is 12.1 Å². The van der Waals surface area contributed by atoms with Crippen LogP contribution in [0.2, 0.25) is 0 Å². The van der Waals surface area contributed by atoms with E-state index in [4.69, 9.17) is 5.73 Å². The molecule has 0 saturated carbocycles. The van der Waals surface area contributed by atoms with Gasteiger partial charge < -0.3 is 16.0 Å². The van der Waals surface area contributed by atoms with Gasteiger partial charge in [-0.3, -0.25) is 9.59 Å². The van der Waals surface area contributed by atoms with Crippen LogP contribution in [0.4, 0.5) is 5.69 Å². The van der Waals surface area contributed by atoms with E-state index in [0.29, 0.717) is 5.56 Å². The second-order valence-electron chi connectivity index (χ2n) is 5.85. The van der Waals surface area contributed by atoms with Gasteiger partial charge in [0.25, 0.3) is 5.91 Å². The van der Waals surface area contributed by atoms with Crippen LogP contribution in [0.15, 0.2) is 42.5 Å². The molecule has 0 aliphatic carbocycles. The third-order valence-electron chi connectivity index (χ3n) is 4.08. The van der Waals surface area contributed by atoms with Crippen LogP contribution in [0.1, 0.15) is 33.2 Å². The predicted molar refractivity (Wildman–Crippen MR) is 89.1 cm³/mol. The van der Waals surface area contributed by atoms with Gasteiger partial charge in [-0.15, -0.1) is 0 Å². The van der Waals surface area contributed by atoms with Gasteiger partial charge in [-0.25, -0.2) is 0 Å². The van der Waals surface area contributed by atoms with E-state index >= 15 is 0 Å². The molecule has 0 bridgehead atoms. The minimum atomic E-state index is -0.439. The SMILES string of the molecule is Cc1ccc([C@H]2NC(=O)c3ccccc3N2CC(N)=O)c(C)c1. The number of benzene rings is 2. The zero-order valence-corrected chi connectivity index (χ0v) is 13.2. The molecule has 0 aromatic heterocycles. The number of hydrogen-bond acceptors (Lipinski definition) is 3. The average Bonchev–Trinajstić information content (AvgIpc) is 2.50. The Bertz CT molecular complexity index is 786. The Labute approximate surface area is 135 Å². The van der Waals surface area contributed by atoms with Gasteiger partial charge >= 0.3 is 0 Å². The monoisotopic (exact) mass is 309 g/mol. The van der Waals surface area contributed by atoms with Gasteiger partial charge in [0.1, 0.15) is 6.17 Å². The van der Waals surface area contributed by atoms with Crippen molar-refractivity contribution >= 4 is 17.5 Å². The summed E-state index contributed by atoms with van der Waals surface area (Å²) < 4.78 is 0. The molecule has 5 nitrogen and oxygen atoms in total. The third-order valence-corrected chi connectivity index (χ3v) is 4.08. The van der Waals surface area contributed by atoms with Crippen molar-refractivity contribution in [3.63, 3.8) is 0 Å². The number of aryl methyl sites for hydroxylation is 2. The zero-order valence-electron chi connectivity index (χ0n) is 13.2. The summed E-state index contributed by atoms with van der Waals surface area (Å²) in [5.74, 6) is -0.586. The van der Waals surface area contributed by atoms with Crippen LogP contribution < -0.4 is 16.0 Å². The number of nitrogens with zero attached hydrogens (tertiary/aromatic N) is 1. The van der Waals surface area contributed by atoms with Gasteiger partial charge in [0.15, 0.2) is 0 Å². The van der Waals surface area contributed by atoms with Crippen LogP contribution >= 0.6 is 0 Å². The number of para-hydroxylation sites is 1. The molecule has 3 N–H and O–H groups in total. The lowest BCUT2D eigenvalue weighted by Gasteiger charge is -2.39. The highest BCUT2D eigenvalue weighted by molar-refractivity contribution is 6.02. The second kappa shape index (κ2) is 5.76. The van der Waals surface area contributed by atoms with Crippen molar-refractivity contribution in [3.05, 3.63) is 64.7 Å². The number of fused-ring (bicyclic) bond motifs is 1. The van der Waals surface area contributed by atoms with E-state index in [2.05, 4.69) is 11.4 Å². The van der Waals surface area contributed by atoms with Gasteiger partial charge in [-0.05, 0) is 37.1 Å². The molecular weight excluding hydrogens is 290 g/mol. The van der Waals surface area contributed by atoms with Crippen molar-refractivity contribution in [2.45, 2.75) is 20.0 Å². The first kappa shape index (κ1) is 15.1. The molecule has 0 spiro atoms. The van der Waals surface area contributed by atoms with Crippen LogP contribution in [0.5, 0.6) is 0 Å². The first-order valence-corrected chi connectivity index (χ1v) is 7.49. The minimum absolute atomic E-state index is 0.0370. The summed E-state index contributed by atoms with van der Waals surface area (Å²) in [5, 5.41) is 2.98. The topological polar surface area (TPSA) is 75.4 Å². The highest BCUT2D eigenvalue weighted by Gasteiger charge is 2.32. The molecule has 23 heavy (non-hydrogen) atoms. The summed E-state index contributed by atoms with van der Waals surface area (Å²) in [6.07, 6.45) is -0.412. The Morgan fingerprint density at radius 1 is 1.22 bits per heavy atom. The molecule has 1 heterocycles. The van der Waals surface area contributed by atoms with Crippen molar-refractivity contribution in [3.8, 4) is 0 Å². The molecule has 2 aromatic carbocycles. The number of rotatable bonds is 3. The molecule has 2 amide bonds. The Morgan fingerprint density at radius 2 is 1.96 bits per heavy atom. The largest absolute Gasteiger partial charge is 0.368 e. The zero-order chi connectivity index (χ0) is 16.6. The average molecular weight is 309 g/mol. The van der Waals surface area contributed by atoms with Crippen LogP contribution in [0.25, 0.3) is 0 Å². The Morgan fingerprint density at radius 3 is 2.65 bits per heavy atom. The fraction of sp³-hybridized carbons (Fsp3) is 0.222. The molecule has 1 aliphatic rings. The molecule has 0 fully saturated rings. The number of anilines is 1. The van der Waals surface area contributed by atoms with E-state index < -0.39 is 12.1 Å². The van der Waals surface area contributed by atoms with Gasteiger partial charge in [-0.1, -0.05) is 35.9 Å². The van der Waals surface area contributed by atoms with Gasteiger partial charge in [-0.2, -0.15) is 0 Å². The molecular formula is C18H19N3O2. The van der Waals surface area contributed by atoms with E-state index in [1.807, 2.05) is 43.0 Å². The summed E-state index contributed by atoms with van der Waals surface area (Å²) >= 11 is 0. The van der Waals surface area contributed by atoms with Gasteiger partial charge in [0.2, 0.25) is 5.91 Å². The maximum Gasteiger partial charge on any atom is 0.255 e. The molecule has 118 valence electrons. The number of carbonyl (C=O) groups is 2. The molecule has 0 unspecified atom stereocenters. The highest BCUT2D eigenvalue weighted by Crippen LogP contribution is 2.33. The van der Waals surface area contributed by atoms with E-state index in [0.717, 1.165) is 22.4 Å². The quantitative estimate of drug-likeness (QED) is 0.911. The second-order valence-corrected chi connectivity index (χ2v) is 5.85. The number of nitrogens with two attached hydrogens (primary N) is 1. The van der Waals surface area contributed by atoms with Gasteiger partial charge in [0.05, 0.1) is 17.8 Å². The van der Waals surface area contributed by atoms with Crippen molar-refractivity contribution in [1.29, 1.82) is 0 Å². The molecule has 0 radical (unpaired) electrons. The van der Waals surface area contributed by atoms with E-state index in [-0.39, 0.29) is 12.5 Å². The van der Waals surface area contributed by atoms with Gasteiger partial charge in [0, 0.05) is 0 Å². The lowest BCUT2D eigenvalue weighted by Crippen LogP contribution is -2.49. The maximum atomic E-state index is 12.4. The normalized spacial score (nSPS) is 16.7. The Hall–Kier alpha value is -2.82. The van der Waals surface area contributed by atoms with Crippen LogP contribution in [-0.4, -0.2) is 18.4 Å². The van der Waals surface area contributed by atoms with Crippen LogP contribution in [0.3, 0.4) is 0 Å². The number of amides is 2. The summed E-state index contributed by atoms with van der Waals surface area (Å²) in [7, 11) is 0. The number of nitrogens with one attached hydrogen (secondary N) is 1. The molecule has 3 rings (SSSR count). The van der Waals surface area contributed by atoms with Crippen LogP contribution in [-0.2, 0) is 4.79 Å². The molecule has 1 aliphatic heterocycles. The van der Waals surface area contributed by atoms with Crippen LogP contribution in [0, 0.1) is 13.8 Å². The first-order chi connectivity index (χ1) is 11.0. The molecule has 1 atom stereocenters. The fourth-order valence-electron chi connectivity index (χ4n) is 3.06. The third kappa shape index (κ3) is 2.77. The fourth-order valence-corrected chi connectivity index (χ4v) is 3.06. The lowest BCUT2D eigenvalue weighted by atomic mass is 9.98. The minimum Gasteiger partial charge on any atom is -0.368 e. The summed E-state index contributed by atoms with van der Waals surface area (Å²) in [5.41, 5.74) is 9.86. The van der Waals surface area contributed by atoms with E-state index in [1.165, 1.54) is 0 Å². The smallest absolute Gasteiger partial charge is 0.255 e. The Kier molecular flexibility index (Phi) is 3.78. The van der Waals surface area contributed by atoms with Crippen molar-refractivity contribution in [1.82, 2.24) is 5.32 Å². The number of carbonyl (C=O) groups excluding carboxylic acids is 2. The van der Waals surface area contributed by atoms with Crippen molar-refractivity contribution in [2.24, 2.45) is 5.73 Å². The molecule has 5 heteroatoms. The molecule has 2 aromatic rings. The summed E-state index contributed by atoms with van der Waals surface area (Å²) in [6, 6.07) is 13.3. The van der Waals surface area contributed by atoms with Crippen molar-refractivity contribution in [2.75, 3.05) is 11.4 Å². The maximum absolute atomic E-state index is 12.4. The summed E-state index contributed by atoms with van der Waals surface area (Å²) in [4.78, 5) is 25.8. The number of primary amides is 1. The lowest BCUT2D eigenvalue weighted by molar-refractivity contribution is -0.116. The first-order valence-electron chi connectivity index (χ1n) is 7.49. The standard InChI is InChI=1S/C18H19N3O2/c1-11-7-8-13(12(2)9-11)17-20-18(23)14-5-3-4-6-15(14)21(17)10-16(19)22/h3-9,17H,10H2,1-2H3,(H2,19,22)(H,20,23)/t17-/m0/s1. The number of hydrogen-bond donors (Lipinski definition) is 2. The molecule has 0 saturated heterocycles.